The molecule has 0 aliphatic carbocycles. The number of morpholine rings is 1. The van der Waals surface area contributed by atoms with Crippen LogP contribution in [0.1, 0.15) is 33.9 Å². The van der Waals surface area contributed by atoms with Gasteiger partial charge in [0.1, 0.15) is 5.75 Å². The number of carbonyl (C=O) groups is 2. The van der Waals surface area contributed by atoms with Crippen molar-refractivity contribution >= 4 is 22.7 Å². The molecule has 6 rings (SSSR count). The maximum Gasteiger partial charge on any atom is 0.255 e. The van der Waals surface area contributed by atoms with Crippen LogP contribution in [0.5, 0.6) is 5.75 Å². The molecular formula is C30H29N3O4. The third kappa shape index (κ3) is 4.15. The number of rotatable bonds is 6. The number of ether oxygens (including phenoxy) is 2. The maximum absolute atomic E-state index is 13.7. The van der Waals surface area contributed by atoms with Gasteiger partial charge in [-0.3, -0.25) is 9.59 Å². The van der Waals surface area contributed by atoms with Crippen LogP contribution in [0.2, 0.25) is 0 Å². The minimum absolute atomic E-state index is 0.0442. The summed E-state index contributed by atoms with van der Waals surface area (Å²) in [4.78, 5) is 34.0. The largest absolute Gasteiger partial charge is 0.497 e. The molecule has 7 nitrogen and oxygen atoms in total. The molecule has 0 unspecified atom stereocenters. The molecule has 188 valence electrons. The van der Waals surface area contributed by atoms with Gasteiger partial charge in [0.25, 0.3) is 5.91 Å². The average molecular weight is 496 g/mol. The monoisotopic (exact) mass is 495 g/mol. The van der Waals surface area contributed by atoms with Crippen LogP contribution in [-0.4, -0.2) is 66.6 Å². The second-order valence-corrected chi connectivity index (χ2v) is 9.42. The van der Waals surface area contributed by atoms with Gasteiger partial charge in [0.15, 0.2) is 0 Å². The second kappa shape index (κ2) is 9.75. The first-order valence-corrected chi connectivity index (χ1v) is 12.7. The van der Waals surface area contributed by atoms with Crippen molar-refractivity contribution in [1.29, 1.82) is 0 Å². The van der Waals surface area contributed by atoms with Crippen molar-refractivity contribution in [3.8, 4) is 17.0 Å². The number of nitrogens with one attached hydrogen (secondary N) is 1. The molecule has 1 saturated heterocycles. The Morgan fingerprint density at radius 3 is 2.65 bits per heavy atom. The molecule has 2 aliphatic rings. The molecular weight excluding hydrogens is 466 g/mol. The minimum Gasteiger partial charge on any atom is -0.497 e. The summed E-state index contributed by atoms with van der Waals surface area (Å²) in [5.41, 5.74) is 5.59. The molecule has 7 heteroatoms. The van der Waals surface area contributed by atoms with Crippen LogP contribution in [0.4, 0.5) is 0 Å². The first kappa shape index (κ1) is 23.3. The summed E-state index contributed by atoms with van der Waals surface area (Å²) >= 11 is 0. The number of benzene rings is 3. The van der Waals surface area contributed by atoms with Gasteiger partial charge in [-0.05, 0) is 29.8 Å². The molecule has 0 radical (unpaired) electrons. The fraction of sp³-hybridized carbons (Fsp3) is 0.267. The predicted molar refractivity (Wildman–Crippen MR) is 142 cm³/mol. The van der Waals surface area contributed by atoms with Crippen molar-refractivity contribution in [3.63, 3.8) is 0 Å². The van der Waals surface area contributed by atoms with Gasteiger partial charge in [0, 0.05) is 53.6 Å². The number of fused-ring (bicyclic) bond motifs is 2. The van der Waals surface area contributed by atoms with Crippen LogP contribution in [0.3, 0.4) is 0 Å². The molecule has 1 N–H and O–H groups in total. The molecule has 2 aliphatic heterocycles. The second-order valence-electron chi connectivity index (χ2n) is 9.42. The number of aromatic nitrogens is 1. The number of methoxy groups -OCH3 is 1. The normalized spacial score (nSPS) is 17.3. The third-order valence-corrected chi connectivity index (χ3v) is 7.37. The topological polar surface area (TPSA) is 74.9 Å². The highest BCUT2D eigenvalue weighted by atomic mass is 16.5. The van der Waals surface area contributed by atoms with Crippen molar-refractivity contribution in [2.75, 3.05) is 40.0 Å². The van der Waals surface area contributed by atoms with Crippen LogP contribution in [0, 0.1) is 0 Å². The summed E-state index contributed by atoms with van der Waals surface area (Å²) < 4.78 is 10.9. The highest BCUT2D eigenvalue weighted by Crippen LogP contribution is 2.45. The standard InChI is InChI=1S/C30H29N3O4/c1-36-21-8-6-7-20(19-21)28-27(24-11-4-5-12-25(24)31-28)29-22-9-2-3-10-23(22)30(35)33(29)14-13-26(34)32-15-17-37-18-16-32/h2-12,19,29,31H,13-18H2,1H3/t29-/m0/s1. The molecule has 3 aromatic carbocycles. The van der Waals surface area contributed by atoms with E-state index in [-0.39, 0.29) is 24.3 Å². The van der Waals surface area contributed by atoms with E-state index >= 15 is 0 Å². The van der Waals surface area contributed by atoms with Gasteiger partial charge in [-0.2, -0.15) is 0 Å². The summed E-state index contributed by atoms with van der Waals surface area (Å²) in [5, 5.41) is 1.05. The zero-order chi connectivity index (χ0) is 25.4. The molecule has 1 fully saturated rings. The van der Waals surface area contributed by atoms with Crippen LogP contribution in [0.15, 0.2) is 72.8 Å². The Kier molecular flexibility index (Phi) is 6.14. The van der Waals surface area contributed by atoms with Gasteiger partial charge in [0.2, 0.25) is 5.91 Å². The summed E-state index contributed by atoms with van der Waals surface area (Å²) in [6.07, 6.45) is 0.271. The summed E-state index contributed by atoms with van der Waals surface area (Å²) in [5.74, 6) is 0.771. The molecule has 0 spiro atoms. The molecule has 1 aromatic heterocycles. The minimum atomic E-state index is -0.321. The SMILES string of the molecule is COc1cccc(-c2[nH]c3ccccc3c2[C@@H]2c3ccccc3C(=O)N2CCC(=O)N2CCOCC2)c1. The average Bonchev–Trinajstić information content (AvgIpc) is 3.47. The van der Waals surface area contributed by atoms with E-state index < -0.39 is 0 Å². The van der Waals surface area contributed by atoms with Gasteiger partial charge in [-0.1, -0.05) is 48.5 Å². The van der Waals surface area contributed by atoms with Crippen LogP contribution in [0.25, 0.3) is 22.2 Å². The van der Waals surface area contributed by atoms with Gasteiger partial charge in [0.05, 0.1) is 32.1 Å². The number of H-pyrrole nitrogens is 1. The van der Waals surface area contributed by atoms with E-state index in [9.17, 15) is 9.59 Å². The van der Waals surface area contributed by atoms with E-state index in [1.54, 1.807) is 7.11 Å². The van der Waals surface area contributed by atoms with E-state index in [2.05, 4.69) is 17.1 Å². The highest BCUT2D eigenvalue weighted by molar-refractivity contribution is 6.02. The Bertz CT molecular complexity index is 1470. The molecule has 4 aromatic rings. The maximum atomic E-state index is 13.7. The molecule has 2 amide bonds. The molecule has 37 heavy (non-hydrogen) atoms. The van der Waals surface area contributed by atoms with Gasteiger partial charge < -0.3 is 24.3 Å². The van der Waals surface area contributed by atoms with E-state index in [0.717, 1.165) is 39.0 Å². The Morgan fingerprint density at radius 2 is 1.81 bits per heavy atom. The summed E-state index contributed by atoms with van der Waals surface area (Å²) in [7, 11) is 1.66. The zero-order valence-electron chi connectivity index (χ0n) is 20.8. The quantitative estimate of drug-likeness (QED) is 0.423. The van der Waals surface area contributed by atoms with Gasteiger partial charge in [-0.25, -0.2) is 0 Å². The highest BCUT2D eigenvalue weighted by Gasteiger charge is 2.40. The lowest BCUT2D eigenvalue weighted by atomic mass is 9.93. The lowest BCUT2D eigenvalue weighted by Crippen LogP contribution is -2.42. The van der Waals surface area contributed by atoms with E-state index in [0.29, 0.717) is 38.4 Å². The third-order valence-electron chi connectivity index (χ3n) is 7.37. The van der Waals surface area contributed by atoms with E-state index in [1.165, 1.54) is 0 Å². The molecule has 0 bridgehead atoms. The number of para-hydroxylation sites is 1. The van der Waals surface area contributed by atoms with E-state index in [4.69, 9.17) is 9.47 Å². The summed E-state index contributed by atoms with van der Waals surface area (Å²) in [6, 6.07) is 23.6. The summed E-state index contributed by atoms with van der Waals surface area (Å²) in [6.45, 7) is 2.65. The number of carbonyl (C=O) groups excluding carboxylic acids is 2. The van der Waals surface area contributed by atoms with Gasteiger partial charge >= 0.3 is 0 Å². The number of nitrogens with zero attached hydrogens (tertiary/aromatic N) is 2. The van der Waals surface area contributed by atoms with E-state index in [1.807, 2.05) is 70.5 Å². The Morgan fingerprint density at radius 1 is 1.03 bits per heavy atom. The van der Waals surface area contributed by atoms with Crippen molar-refractivity contribution in [3.05, 3.63) is 89.5 Å². The van der Waals surface area contributed by atoms with Crippen molar-refractivity contribution in [1.82, 2.24) is 14.8 Å². The van der Waals surface area contributed by atoms with Crippen LogP contribution >= 0.6 is 0 Å². The molecule has 0 saturated carbocycles. The Labute approximate surface area is 215 Å². The van der Waals surface area contributed by atoms with Crippen molar-refractivity contribution in [2.24, 2.45) is 0 Å². The molecule has 1 atom stereocenters. The zero-order valence-corrected chi connectivity index (χ0v) is 20.8. The number of hydrogen-bond acceptors (Lipinski definition) is 4. The van der Waals surface area contributed by atoms with Crippen molar-refractivity contribution in [2.45, 2.75) is 12.5 Å². The fourth-order valence-electron chi connectivity index (χ4n) is 5.55. The van der Waals surface area contributed by atoms with Crippen LogP contribution in [-0.2, 0) is 9.53 Å². The number of hydrogen-bond donors (Lipinski definition) is 1. The van der Waals surface area contributed by atoms with Crippen LogP contribution < -0.4 is 4.74 Å². The smallest absolute Gasteiger partial charge is 0.255 e. The number of amides is 2. The predicted octanol–water partition coefficient (Wildman–Crippen LogP) is 4.64. The lowest BCUT2D eigenvalue weighted by molar-refractivity contribution is -0.135. The fourth-order valence-corrected chi connectivity index (χ4v) is 5.55. The van der Waals surface area contributed by atoms with Crippen molar-refractivity contribution < 1.29 is 19.1 Å². The first-order valence-electron chi connectivity index (χ1n) is 12.7. The van der Waals surface area contributed by atoms with Gasteiger partial charge in [-0.15, -0.1) is 0 Å². The Balaban J connectivity index is 1.45. The Hall–Kier alpha value is -4.10. The lowest BCUT2D eigenvalue weighted by Gasteiger charge is -2.30. The number of aromatic amines is 1. The molecule has 3 heterocycles. The first-order chi connectivity index (χ1) is 18.2.